The number of anilines is 1. The van der Waals surface area contributed by atoms with Gasteiger partial charge in [-0.15, -0.1) is 0 Å². The lowest BCUT2D eigenvalue weighted by Crippen LogP contribution is -2.46. The van der Waals surface area contributed by atoms with E-state index in [1.165, 1.54) is 0 Å². The van der Waals surface area contributed by atoms with Crippen molar-refractivity contribution >= 4 is 44.1 Å². The Balaban J connectivity index is 2.12. The van der Waals surface area contributed by atoms with E-state index in [4.69, 9.17) is 0 Å². The van der Waals surface area contributed by atoms with Gasteiger partial charge in [0.1, 0.15) is 0 Å². The van der Waals surface area contributed by atoms with E-state index in [9.17, 15) is 13.2 Å². The lowest BCUT2D eigenvalue weighted by Gasteiger charge is -2.29. The molecule has 0 bridgehead atoms. The number of likely N-dealkylation sites (N-methyl/N-ethyl adjacent to an activating group) is 1. The summed E-state index contributed by atoms with van der Waals surface area (Å²) in [6.07, 6.45) is 0.509. The van der Waals surface area contributed by atoms with Crippen LogP contribution in [0.3, 0.4) is 0 Å². The molecule has 128 valence electrons. The number of sulfone groups is 1. The zero-order valence-electron chi connectivity index (χ0n) is 13.3. The largest absolute Gasteiger partial charge is 0.322 e. The molecule has 1 aliphatic rings. The van der Waals surface area contributed by atoms with E-state index < -0.39 is 9.84 Å². The van der Waals surface area contributed by atoms with Crippen LogP contribution in [0.25, 0.3) is 0 Å². The first-order valence-corrected chi connectivity index (χ1v) is 10.4. The van der Waals surface area contributed by atoms with Crippen molar-refractivity contribution in [3.63, 3.8) is 0 Å². The molecule has 1 heterocycles. The van der Waals surface area contributed by atoms with Crippen molar-refractivity contribution in [1.82, 2.24) is 9.80 Å². The number of nitrogens with one attached hydrogen (secondary N) is 1. The SMILES string of the molecule is CN(C)CCN(C(=O)Nc1ccccc1I)C1CCS(=O)(=O)C1. The molecule has 0 aliphatic carbocycles. The van der Waals surface area contributed by atoms with Gasteiger partial charge < -0.3 is 15.1 Å². The molecule has 8 heteroatoms. The van der Waals surface area contributed by atoms with Crippen LogP contribution in [-0.2, 0) is 9.84 Å². The van der Waals surface area contributed by atoms with Gasteiger partial charge in [0, 0.05) is 22.7 Å². The highest BCUT2D eigenvalue weighted by molar-refractivity contribution is 14.1. The molecule has 0 radical (unpaired) electrons. The standard InChI is InChI=1S/C15H22IN3O3S/c1-18(2)8-9-19(12-7-10-23(21,22)11-12)15(20)17-14-6-4-3-5-13(14)16/h3-6,12H,7-11H2,1-2H3,(H,17,20). The summed E-state index contributed by atoms with van der Waals surface area (Å²) in [5, 5.41) is 2.90. The minimum atomic E-state index is -3.03. The maximum absolute atomic E-state index is 12.7. The summed E-state index contributed by atoms with van der Waals surface area (Å²) in [5.74, 6) is 0.214. The number of hydrogen-bond donors (Lipinski definition) is 1. The number of carbonyl (C=O) groups excluding carboxylic acids is 1. The Labute approximate surface area is 151 Å². The summed E-state index contributed by atoms with van der Waals surface area (Å²) in [7, 11) is 0.834. The molecule has 0 saturated carbocycles. The lowest BCUT2D eigenvalue weighted by atomic mass is 10.2. The highest BCUT2D eigenvalue weighted by atomic mass is 127. The van der Waals surface area contributed by atoms with E-state index >= 15 is 0 Å². The molecule has 23 heavy (non-hydrogen) atoms. The molecule has 0 spiro atoms. The average molecular weight is 451 g/mol. The number of halogens is 1. The Bertz CT molecular complexity index is 664. The fraction of sp³-hybridized carbons (Fsp3) is 0.533. The molecule has 2 rings (SSSR count). The lowest BCUT2D eigenvalue weighted by molar-refractivity contribution is 0.186. The van der Waals surface area contributed by atoms with Crippen LogP contribution in [0.2, 0.25) is 0 Å². The first kappa shape index (κ1) is 18.5. The number of nitrogens with zero attached hydrogens (tertiary/aromatic N) is 2. The maximum Gasteiger partial charge on any atom is 0.322 e. The van der Waals surface area contributed by atoms with Crippen molar-refractivity contribution in [3.05, 3.63) is 27.8 Å². The van der Waals surface area contributed by atoms with Crippen LogP contribution in [0.4, 0.5) is 10.5 Å². The molecule has 0 aromatic heterocycles. The van der Waals surface area contributed by atoms with Crippen LogP contribution in [0, 0.1) is 3.57 Å². The molecular formula is C15H22IN3O3S. The van der Waals surface area contributed by atoms with E-state index in [0.29, 0.717) is 19.5 Å². The molecule has 2 amide bonds. The number of urea groups is 1. The zero-order valence-corrected chi connectivity index (χ0v) is 16.3. The van der Waals surface area contributed by atoms with Gasteiger partial charge in [-0.1, -0.05) is 12.1 Å². The second kappa shape index (κ2) is 7.80. The highest BCUT2D eigenvalue weighted by Gasteiger charge is 2.34. The molecule has 1 atom stereocenters. The van der Waals surface area contributed by atoms with Gasteiger partial charge >= 0.3 is 6.03 Å². The van der Waals surface area contributed by atoms with E-state index in [-0.39, 0.29) is 23.6 Å². The van der Waals surface area contributed by atoms with Crippen LogP contribution in [0.15, 0.2) is 24.3 Å². The molecule has 1 unspecified atom stereocenters. The van der Waals surface area contributed by atoms with Gasteiger partial charge in [-0.25, -0.2) is 13.2 Å². The van der Waals surface area contributed by atoms with Crippen molar-refractivity contribution in [2.45, 2.75) is 12.5 Å². The number of rotatable bonds is 5. The Morgan fingerprint density at radius 3 is 2.57 bits per heavy atom. The first-order valence-electron chi connectivity index (χ1n) is 7.46. The molecular weight excluding hydrogens is 429 g/mol. The van der Waals surface area contributed by atoms with Gasteiger partial charge in [0.2, 0.25) is 0 Å². The van der Waals surface area contributed by atoms with Gasteiger partial charge in [-0.2, -0.15) is 0 Å². The highest BCUT2D eigenvalue weighted by Crippen LogP contribution is 2.21. The zero-order chi connectivity index (χ0) is 17.0. The third-order valence-electron chi connectivity index (χ3n) is 3.81. The summed E-state index contributed by atoms with van der Waals surface area (Å²) in [6.45, 7) is 1.19. The van der Waals surface area contributed by atoms with Gasteiger partial charge in [-0.3, -0.25) is 0 Å². The predicted octanol–water partition coefficient (Wildman–Crippen LogP) is 1.87. The molecule has 1 aromatic carbocycles. The molecule has 1 saturated heterocycles. The van der Waals surface area contributed by atoms with Gasteiger partial charge in [0.25, 0.3) is 0 Å². The number of carbonyl (C=O) groups is 1. The number of para-hydroxylation sites is 1. The second-order valence-corrected chi connectivity index (χ2v) is 9.35. The Morgan fingerprint density at radius 2 is 2.00 bits per heavy atom. The van der Waals surface area contributed by atoms with Crippen molar-refractivity contribution in [1.29, 1.82) is 0 Å². The smallest absolute Gasteiger partial charge is 0.319 e. The van der Waals surface area contributed by atoms with Crippen molar-refractivity contribution in [2.24, 2.45) is 0 Å². The minimum Gasteiger partial charge on any atom is -0.319 e. The number of benzene rings is 1. The van der Waals surface area contributed by atoms with E-state index in [2.05, 4.69) is 27.9 Å². The van der Waals surface area contributed by atoms with Crippen LogP contribution in [-0.4, -0.2) is 69.0 Å². The van der Waals surface area contributed by atoms with E-state index in [1.54, 1.807) is 4.90 Å². The van der Waals surface area contributed by atoms with Gasteiger partial charge in [0.15, 0.2) is 9.84 Å². The van der Waals surface area contributed by atoms with E-state index in [1.807, 2.05) is 43.3 Å². The summed E-state index contributed by atoms with van der Waals surface area (Å²) in [5.41, 5.74) is 0.744. The fourth-order valence-corrected chi connectivity index (χ4v) is 4.78. The Hall–Kier alpha value is -0.870. The van der Waals surface area contributed by atoms with Crippen LogP contribution in [0.5, 0.6) is 0 Å². The molecule has 1 N–H and O–H groups in total. The first-order chi connectivity index (χ1) is 10.8. The van der Waals surface area contributed by atoms with Gasteiger partial charge in [-0.05, 0) is 55.2 Å². The van der Waals surface area contributed by atoms with Crippen LogP contribution < -0.4 is 5.32 Å². The third-order valence-corrected chi connectivity index (χ3v) is 6.50. The average Bonchev–Trinajstić information content (AvgIpc) is 2.81. The summed E-state index contributed by atoms with van der Waals surface area (Å²) in [6, 6.07) is 7.04. The Kier molecular flexibility index (Phi) is 6.26. The predicted molar refractivity (Wildman–Crippen MR) is 100 cm³/mol. The summed E-state index contributed by atoms with van der Waals surface area (Å²) >= 11 is 2.17. The van der Waals surface area contributed by atoms with Crippen LogP contribution in [0.1, 0.15) is 6.42 Å². The molecule has 1 aliphatic heterocycles. The fourth-order valence-electron chi connectivity index (χ4n) is 2.53. The monoisotopic (exact) mass is 451 g/mol. The molecule has 6 nitrogen and oxygen atoms in total. The Morgan fingerprint density at radius 1 is 1.30 bits per heavy atom. The number of hydrogen-bond acceptors (Lipinski definition) is 4. The summed E-state index contributed by atoms with van der Waals surface area (Å²) < 4.78 is 24.4. The normalized spacial score (nSPS) is 19.7. The maximum atomic E-state index is 12.7. The molecule has 1 aromatic rings. The quantitative estimate of drug-likeness (QED) is 0.695. The molecule has 1 fully saturated rings. The summed E-state index contributed by atoms with van der Waals surface area (Å²) in [4.78, 5) is 16.3. The van der Waals surface area contributed by atoms with Crippen molar-refractivity contribution < 1.29 is 13.2 Å². The van der Waals surface area contributed by atoms with E-state index in [0.717, 1.165) is 9.26 Å². The van der Waals surface area contributed by atoms with Crippen molar-refractivity contribution in [2.75, 3.05) is 44.0 Å². The topological polar surface area (TPSA) is 69.7 Å². The minimum absolute atomic E-state index is 0.0553. The van der Waals surface area contributed by atoms with Crippen molar-refractivity contribution in [3.8, 4) is 0 Å². The van der Waals surface area contributed by atoms with Gasteiger partial charge in [0.05, 0.1) is 17.2 Å². The second-order valence-electron chi connectivity index (χ2n) is 5.96. The third kappa shape index (κ3) is 5.32. The van der Waals surface area contributed by atoms with Crippen LogP contribution >= 0.6 is 22.6 Å². The number of amides is 2.